The van der Waals surface area contributed by atoms with Crippen molar-refractivity contribution in [2.45, 2.75) is 235 Å². The van der Waals surface area contributed by atoms with Crippen molar-refractivity contribution in [2.24, 2.45) is 0 Å². The monoisotopic (exact) mass is 1620 g/mol. The predicted octanol–water partition coefficient (Wildman–Crippen LogP) is 13.0. The Bertz CT molecular complexity index is 4550. The van der Waals surface area contributed by atoms with E-state index in [-0.39, 0.29) is 72.7 Å². The average molecular weight is 1620 g/mol. The number of alkyl carbamates (subject to hydrolysis) is 3. The van der Waals surface area contributed by atoms with Crippen molar-refractivity contribution in [1.82, 2.24) is 75.5 Å². The first-order valence-electron chi connectivity index (χ1n) is 39.1. The largest absolute Gasteiger partial charge is 0.481 e. The van der Waals surface area contributed by atoms with Crippen molar-refractivity contribution in [3.05, 3.63) is 177 Å². The van der Waals surface area contributed by atoms with Crippen LogP contribution < -0.4 is 26.6 Å². The number of rotatable bonds is 23. The molecule has 3 aromatic carbocycles. The molecule has 4 saturated heterocycles. The third-order valence-electron chi connectivity index (χ3n) is 20.1. The Morgan fingerprint density at radius 1 is 0.426 bits per heavy atom. The average Bonchev–Trinajstić information content (AvgIpc) is 1.81. The third-order valence-corrected chi connectivity index (χ3v) is 20.1. The molecule has 4 aromatic heterocycles. The number of hydrogen-bond donors (Lipinski definition) is 6. The number of aromatic nitrogens is 8. The summed E-state index contributed by atoms with van der Waals surface area (Å²) in [4.78, 5) is 76.2. The van der Waals surface area contributed by atoms with Crippen LogP contribution in [0.2, 0.25) is 0 Å². The van der Waals surface area contributed by atoms with Gasteiger partial charge in [-0.05, 0) is 192 Å². The van der Waals surface area contributed by atoms with E-state index in [0.29, 0.717) is 74.4 Å². The maximum atomic E-state index is 14.2. The van der Waals surface area contributed by atoms with Gasteiger partial charge in [-0.25, -0.2) is 53.9 Å². The summed E-state index contributed by atoms with van der Waals surface area (Å²) >= 11 is 0. The van der Waals surface area contributed by atoms with Crippen molar-refractivity contribution in [3.63, 3.8) is 0 Å². The van der Waals surface area contributed by atoms with E-state index < -0.39 is 118 Å². The minimum Gasteiger partial charge on any atom is -0.481 e. The molecule has 25 nitrogen and oxygen atoms in total. The van der Waals surface area contributed by atoms with Crippen LogP contribution in [0.4, 0.5) is 53.9 Å². The van der Waals surface area contributed by atoms with Gasteiger partial charge in [-0.1, -0.05) is 0 Å². The van der Waals surface area contributed by atoms with Crippen LogP contribution in [-0.2, 0) is 47.9 Å². The highest BCUT2D eigenvalue weighted by molar-refractivity contribution is 5.80. The summed E-state index contributed by atoms with van der Waals surface area (Å²) in [6.45, 7) is 21.3. The van der Waals surface area contributed by atoms with E-state index in [2.05, 4.69) is 74.7 Å². The van der Waals surface area contributed by atoms with Gasteiger partial charge in [0, 0.05) is 161 Å². The Balaban J connectivity index is 0.000000150. The summed E-state index contributed by atoms with van der Waals surface area (Å²) in [5.41, 5.74) is 2.16. The number of likely N-dealkylation sites (tertiary alicyclic amines) is 2. The molecule has 115 heavy (non-hydrogen) atoms. The molecule has 8 heterocycles. The van der Waals surface area contributed by atoms with Gasteiger partial charge in [0.15, 0.2) is 34.9 Å². The Morgan fingerprint density at radius 2 is 0.739 bits per heavy atom. The molecule has 3 atom stereocenters. The fourth-order valence-corrected chi connectivity index (χ4v) is 13.3. The Labute approximate surface area is 661 Å². The second-order valence-corrected chi connectivity index (χ2v) is 33.7. The van der Waals surface area contributed by atoms with E-state index in [4.69, 9.17) is 19.3 Å². The molecule has 15 rings (SSSR count). The first kappa shape index (κ1) is 85.9. The van der Waals surface area contributed by atoms with Gasteiger partial charge >= 0.3 is 24.2 Å². The van der Waals surface area contributed by atoms with Gasteiger partial charge in [0.05, 0.1) is 42.0 Å². The Morgan fingerprint density at radius 3 is 1.05 bits per heavy atom. The number of carbonyl (C=O) groups is 6. The zero-order chi connectivity index (χ0) is 83.0. The lowest BCUT2D eigenvalue weighted by atomic mass is 10.00. The smallest absolute Gasteiger partial charge is 0.407 e. The van der Waals surface area contributed by atoms with Gasteiger partial charge in [-0.15, -0.1) is 0 Å². The van der Waals surface area contributed by atoms with E-state index in [1.54, 1.807) is 78.3 Å². The Kier molecular flexibility index (Phi) is 27.5. The molecule has 34 heteroatoms. The maximum absolute atomic E-state index is 14.2. The van der Waals surface area contributed by atoms with Crippen LogP contribution in [0.5, 0.6) is 0 Å². The van der Waals surface area contributed by atoms with Crippen molar-refractivity contribution >= 4 is 36.1 Å². The van der Waals surface area contributed by atoms with Crippen LogP contribution >= 0.6 is 0 Å². The number of nitrogens with zero attached hydrogens (tertiary/aromatic N) is 10. The number of carbonyl (C=O) groups excluding carboxylic acids is 5. The summed E-state index contributed by atoms with van der Waals surface area (Å²) in [5, 5.41) is 40.8. The van der Waals surface area contributed by atoms with Gasteiger partial charge in [-0.3, -0.25) is 33.1 Å². The lowest BCUT2D eigenvalue weighted by molar-refractivity contribution is -0.138. The molecule has 5 amide bonds. The third kappa shape index (κ3) is 25.3. The highest BCUT2D eigenvalue weighted by Gasteiger charge is 2.40. The van der Waals surface area contributed by atoms with E-state index in [9.17, 15) is 68.3 Å². The quantitative estimate of drug-likeness (QED) is 0.0197. The standard InChI is InChI=1S/2C24H29F3N4O3.C15H18F3NO4.2C9H13N3/c1-24(2,3)34-23(33)28-16(8-15-9-19(26)20(27)11-18(15)25)10-22(32)30-12-17(13-30)31-7-6-21(29-31)14-4-5-14;1-24(2,3)34-23(33)29-16(8-15-9-19(26)20(27)11-18(15)25)10-22(32)30-12-17(13-30)31-21(6-7-28-31)14-4-5-14;1-15(2,3)23-14(22)19-9(6-13(20)21)4-8-5-11(17)12(18)7-10(8)16;1-2-7(1)9-3-4-12(11-9)8-5-10-6-8;1-2-7(1)9-3-4-11-12(9)8-5-10-6-8/h6-7,9,11,14,16-17H,4-5,8,10,12-13H2,1-3H3,(H,28,33);6-7,9,11,14,16-17H,4-5,8,10,12-13H2,1-3H3,(H,29,33);5,7,9H,4,6H2,1-3H3,(H,19,22)(H,20,21);2*3-4,7-8,10H,1-2,5-6H2/t2*16-;9-;;/m111../s1. The number of carboxylic acids is 1. The molecular weight excluding hydrogens is 1510 g/mol. The van der Waals surface area contributed by atoms with E-state index in [1.165, 1.54) is 42.8 Å². The van der Waals surface area contributed by atoms with Crippen LogP contribution in [0.25, 0.3) is 0 Å². The van der Waals surface area contributed by atoms with Crippen LogP contribution in [0.15, 0.2) is 85.5 Å². The molecule has 4 aliphatic heterocycles. The van der Waals surface area contributed by atoms with Gasteiger partial charge in [-0.2, -0.15) is 20.4 Å². The molecule has 0 spiro atoms. The minimum atomic E-state index is -1.35. The van der Waals surface area contributed by atoms with Crippen LogP contribution in [0.1, 0.15) is 220 Å². The second-order valence-electron chi connectivity index (χ2n) is 33.7. The zero-order valence-electron chi connectivity index (χ0n) is 66.0. The number of ether oxygens (including phenoxy) is 3. The maximum Gasteiger partial charge on any atom is 0.407 e. The highest BCUT2D eigenvalue weighted by atomic mass is 19.2. The summed E-state index contributed by atoms with van der Waals surface area (Å²) in [5.74, 6) is -9.53. The molecular formula is C81H102F9N15O10. The molecule has 6 N–H and O–H groups in total. The molecule has 0 unspecified atom stereocenters. The first-order valence-corrected chi connectivity index (χ1v) is 39.1. The fourth-order valence-electron chi connectivity index (χ4n) is 13.3. The number of hydrogen-bond acceptors (Lipinski definition) is 15. The lowest BCUT2D eigenvalue weighted by Gasteiger charge is -2.40. The summed E-state index contributed by atoms with van der Waals surface area (Å²) in [7, 11) is 0. The van der Waals surface area contributed by atoms with Crippen molar-refractivity contribution in [3.8, 4) is 0 Å². The molecule has 624 valence electrons. The topological polar surface area (TPSA) is 288 Å². The van der Waals surface area contributed by atoms with Gasteiger partial charge in [0.1, 0.15) is 34.3 Å². The van der Waals surface area contributed by atoms with E-state index in [0.717, 1.165) is 81.5 Å². The van der Waals surface area contributed by atoms with Crippen molar-refractivity contribution < 1.29 is 87.6 Å². The van der Waals surface area contributed by atoms with Gasteiger partial charge in [0.2, 0.25) is 11.8 Å². The molecule has 0 radical (unpaired) electrons. The van der Waals surface area contributed by atoms with E-state index in [1.807, 2.05) is 33.9 Å². The zero-order valence-corrected chi connectivity index (χ0v) is 66.0. The second kappa shape index (κ2) is 36.9. The predicted molar refractivity (Wildman–Crippen MR) is 403 cm³/mol. The molecule has 8 fully saturated rings. The number of halogens is 9. The van der Waals surface area contributed by atoms with E-state index >= 15 is 0 Å². The van der Waals surface area contributed by atoms with Crippen LogP contribution in [0.3, 0.4) is 0 Å². The number of aliphatic carboxylic acids is 1. The minimum absolute atomic E-state index is 0.0809. The fraction of sp³-hybridized carbons (Fsp3) is 0.556. The molecule has 0 bridgehead atoms. The number of benzene rings is 3. The van der Waals surface area contributed by atoms with Crippen molar-refractivity contribution in [1.29, 1.82) is 0 Å². The number of amides is 5. The highest BCUT2D eigenvalue weighted by Crippen LogP contribution is 2.43. The van der Waals surface area contributed by atoms with Gasteiger partial charge < -0.3 is 55.7 Å². The van der Waals surface area contributed by atoms with Crippen LogP contribution in [0, 0.1) is 52.4 Å². The molecule has 8 aliphatic rings. The molecule has 4 saturated carbocycles. The van der Waals surface area contributed by atoms with Gasteiger partial charge in [0.25, 0.3) is 0 Å². The molecule has 7 aromatic rings. The molecule has 4 aliphatic carbocycles. The SMILES string of the molecule is CC(C)(C)OC(=O)N[C@@H](CC(=O)N1CC(n2ccc(C3CC3)n2)C1)Cc1cc(F)c(F)cc1F.CC(C)(C)OC(=O)N[C@@H](CC(=O)N1CC(n2nccc2C2CC2)C1)Cc1cc(F)c(F)cc1F.CC(C)(C)OC(=O)N[C@@H](CC(=O)O)Cc1cc(F)c(F)cc1F.c1cc(C2CC2)n(C2CNC2)n1.c1cn(C2CNC2)nc1C1CC1. The lowest BCUT2D eigenvalue weighted by Crippen LogP contribution is -2.53. The normalized spacial score (nSPS) is 17.8. The van der Waals surface area contributed by atoms with Crippen LogP contribution in [-0.4, -0.2) is 177 Å². The summed E-state index contributed by atoms with van der Waals surface area (Å²) in [6, 6.07) is 10.4. The first-order chi connectivity index (χ1) is 54.3. The number of nitrogens with one attached hydrogen (secondary N) is 5. The Hall–Kier alpha value is -9.99. The summed E-state index contributed by atoms with van der Waals surface area (Å²) < 4.78 is 146. The van der Waals surface area contributed by atoms with Crippen molar-refractivity contribution in [2.75, 3.05) is 52.4 Å². The summed E-state index contributed by atoms with van der Waals surface area (Å²) in [6.07, 6.45) is 13.9. The number of carboxylic acid groups (broad SMARTS) is 1.